The average molecular weight is 280 g/mol. The predicted octanol–water partition coefficient (Wildman–Crippen LogP) is 4.41. The van der Waals surface area contributed by atoms with E-state index in [0.29, 0.717) is 11.8 Å². The minimum Gasteiger partial charge on any atom is -0.370 e. The molecular formula is C16H24O2S. The molecule has 1 aliphatic carbocycles. The molecule has 0 spiro atoms. The second-order valence-electron chi connectivity index (χ2n) is 6.08. The van der Waals surface area contributed by atoms with Gasteiger partial charge >= 0.3 is 0 Å². The molecule has 2 rings (SSSR count). The Balaban J connectivity index is 1.90. The van der Waals surface area contributed by atoms with Crippen LogP contribution >= 0.6 is 11.3 Å². The van der Waals surface area contributed by atoms with E-state index in [9.17, 15) is 4.79 Å². The number of carbonyl (C=O) groups is 1. The van der Waals surface area contributed by atoms with Crippen molar-refractivity contribution in [2.75, 3.05) is 6.61 Å². The van der Waals surface area contributed by atoms with E-state index in [-0.39, 0.29) is 18.5 Å². The Kier molecular flexibility index (Phi) is 5.17. The molecule has 1 aliphatic rings. The van der Waals surface area contributed by atoms with Gasteiger partial charge in [-0.05, 0) is 42.0 Å². The molecule has 1 fully saturated rings. The molecule has 1 saturated carbocycles. The summed E-state index contributed by atoms with van der Waals surface area (Å²) < 4.78 is 5.97. The van der Waals surface area contributed by atoms with E-state index < -0.39 is 0 Å². The Hall–Kier alpha value is -0.670. The minimum atomic E-state index is 0.121. The van der Waals surface area contributed by atoms with E-state index in [1.807, 2.05) is 17.5 Å². The van der Waals surface area contributed by atoms with Crippen LogP contribution in [-0.4, -0.2) is 18.5 Å². The summed E-state index contributed by atoms with van der Waals surface area (Å²) in [4.78, 5) is 12.8. The van der Waals surface area contributed by atoms with Gasteiger partial charge in [0.1, 0.15) is 6.61 Å². The highest BCUT2D eigenvalue weighted by molar-refractivity contribution is 7.12. The first-order chi connectivity index (χ1) is 9.08. The minimum absolute atomic E-state index is 0.121. The molecule has 0 aliphatic heterocycles. The SMILES string of the molecule is CC1CCC(C(C)C)C(OCC(=O)c2cccs2)C1. The number of Topliss-reactive ketones (excluding diaryl/α,β-unsaturated/α-hetero) is 1. The molecule has 0 radical (unpaired) electrons. The second-order valence-corrected chi connectivity index (χ2v) is 7.02. The van der Waals surface area contributed by atoms with Gasteiger partial charge in [0, 0.05) is 0 Å². The first kappa shape index (κ1) is 14.7. The van der Waals surface area contributed by atoms with E-state index in [1.54, 1.807) is 0 Å². The maximum Gasteiger partial charge on any atom is 0.198 e. The zero-order chi connectivity index (χ0) is 13.8. The summed E-state index contributed by atoms with van der Waals surface area (Å²) in [7, 11) is 0. The highest BCUT2D eigenvalue weighted by Crippen LogP contribution is 2.35. The van der Waals surface area contributed by atoms with Crippen molar-refractivity contribution in [1.29, 1.82) is 0 Å². The van der Waals surface area contributed by atoms with Gasteiger partial charge in [-0.25, -0.2) is 0 Å². The van der Waals surface area contributed by atoms with E-state index >= 15 is 0 Å². The van der Waals surface area contributed by atoms with Gasteiger partial charge in [-0.2, -0.15) is 0 Å². The Morgan fingerprint density at radius 3 is 2.89 bits per heavy atom. The number of hydrogen-bond donors (Lipinski definition) is 0. The fourth-order valence-electron chi connectivity index (χ4n) is 3.00. The van der Waals surface area contributed by atoms with Crippen molar-refractivity contribution < 1.29 is 9.53 Å². The van der Waals surface area contributed by atoms with Gasteiger partial charge in [-0.3, -0.25) is 4.79 Å². The van der Waals surface area contributed by atoms with Crippen LogP contribution in [-0.2, 0) is 4.74 Å². The van der Waals surface area contributed by atoms with Gasteiger partial charge in [0.25, 0.3) is 0 Å². The highest BCUT2D eigenvalue weighted by atomic mass is 32.1. The van der Waals surface area contributed by atoms with Crippen molar-refractivity contribution >= 4 is 17.1 Å². The maximum absolute atomic E-state index is 12.0. The lowest BCUT2D eigenvalue weighted by molar-refractivity contribution is -0.0308. The largest absolute Gasteiger partial charge is 0.370 e. The molecule has 0 amide bonds. The molecule has 1 heterocycles. The van der Waals surface area contributed by atoms with Gasteiger partial charge in [-0.15, -0.1) is 11.3 Å². The monoisotopic (exact) mass is 280 g/mol. The molecule has 19 heavy (non-hydrogen) atoms. The molecular weight excluding hydrogens is 256 g/mol. The maximum atomic E-state index is 12.0. The molecule has 2 nitrogen and oxygen atoms in total. The molecule has 106 valence electrons. The van der Waals surface area contributed by atoms with Crippen molar-refractivity contribution in [3.63, 3.8) is 0 Å². The van der Waals surface area contributed by atoms with Crippen molar-refractivity contribution in [1.82, 2.24) is 0 Å². The quantitative estimate of drug-likeness (QED) is 0.747. The smallest absolute Gasteiger partial charge is 0.198 e. The van der Waals surface area contributed by atoms with Crippen molar-refractivity contribution in [2.24, 2.45) is 17.8 Å². The number of ether oxygens (including phenoxy) is 1. The lowest BCUT2D eigenvalue weighted by Gasteiger charge is -2.37. The van der Waals surface area contributed by atoms with Crippen LogP contribution in [0.4, 0.5) is 0 Å². The number of carbonyl (C=O) groups excluding carboxylic acids is 1. The fourth-order valence-corrected chi connectivity index (χ4v) is 3.65. The summed E-state index contributed by atoms with van der Waals surface area (Å²) >= 11 is 1.50. The number of hydrogen-bond acceptors (Lipinski definition) is 3. The Bertz CT molecular complexity index is 397. The van der Waals surface area contributed by atoms with Gasteiger partial charge in [0.05, 0.1) is 11.0 Å². The van der Waals surface area contributed by atoms with Gasteiger partial charge in [0.2, 0.25) is 0 Å². The second kappa shape index (κ2) is 6.67. The molecule has 3 heteroatoms. The van der Waals surface area contributed by atoms with Crippen molar-refractivity contribution in [3.8, 4) is 0 Å². The number of rotatable bonds is 5. The predicted molar refractivity (Wildman–Crippen MR) is 79.7 cm³/mol. The lowest BCUT2D eigenvalue weighted by Crippen LogP contribution is -2.35. The summed E-state index contributed by atoms with van der Waals surface area (Å²) in [6.07, 6.45) is 3.88. The normalized spacial score (nSPS) is 27.7. The van der Waals surface area contributed by atoms with Gasteiger partial charge in [0.15, 0.2) is 5.78 Å². The molecule has 0 aromatic carbocycles. The Labute approximate surface area is 120 Å². The first-order valence-electron chi connectivity index (χ1n) is 7.26. The van der Waals surface area contributed by atoms with Crippen LogP contribution in [0.15, 0.2) is 17.5 Å². The van der Waals surface area contributed by atoms with E-state index in [1.165, 1.54) is 24.2 Å². The summed E-state index contributed by atoms with van der Waals surface area (Å²) in [5.74, 6) is 2.08. The van der Waals surface area contributed by atoms with Gasteiger partial charge in [-0.1, -0.05) is 33.3 Å². The molecule has 1 aromatic heterocycles. The standard InChI is InChI=1S/C16H24O2S/c1-11(2)13-7-6-12(3)9-15(13)18-10-14(17)16-5-4-8-19-16/h4-5,8,11-13,15H,6-7,9-10H2,1-3H3. The van der Waals surface area contributed by atoms with Crippen LogP contribution in [0.25, 0.3) is 0 Å². The number of ketones is 1. The van der Waals surface area contributed by atoms with Crippen LogP contribution < -0.4 is 0 Å². The van der Waals surface area contributed by atoms with Crippen molar-refractivity contribution in [2.45, 2.75) is 46.1 Å². The molecule has 3 unspecified atom stereocenters. The fraction of sp³-hybridized carbons (Fsp3) is 0.688. The third-order valence-corrected chi connectivity index (χ3v) is 5.10. The Morgan fingerprint density at radius 2 is 2.26 bits per heavy atom. The van der Waals surface area contributed by atoms with E-state index in [4.69, 9.17) is 4.74 Å². The molecule has 3 atom stereocenters. The third kappa shape index (κ3) is 3.90. The third-order valence-electron chi connectivity index (χ3n) is 4.19. The zero-order valence-electron chi connectivity index (χ0n) is 12.1. The van der Waals surface area contributed by atoms with E-state index in [0.717, 1.165) is 17.2 Å². The summed E-state index contributed by atoms with van der Waals surface area (Å²) in [6, 6.07) is 3.79. The van der Waals surface area contributed by atoms with Crippen molar-refractivity contribution in [3.05, 3.63) is 22.4 Å². The topological polar surface area (TPSA) is 26.3 Å². The highest BCUT2D eigenvalue weighted by Gasteiger charge is 2.31. The van der Waals surface area contributed by atoms with Crippen LogP contribution in [0.1, 0.15) is 49.7 Å². The Morgan fingerprint density at radius 1 is 1.47 bits per heavy atom. The van der Waals surface area contributed by atoms with Crippen LogP contribution in [0, 0.1) is 17.8 Å². The summed E-state index contributed by atoms with van der Waals surface area (Å²) in [5.41, 5.74) is 0. The molecule has 0 bridgehead atoms. The zero-order valence-corrected chi connectivity index (χ0v) is 12.9. The van der Waals surface area contributed by atoms with Crippen LogP contribution in [0.2, 0.25) is 0 Å². The summed E-state index contributed by atoms with van der Waals surface area (Å²) in [6.45, 7) is 7.05. The molecule has 1 aromatic rings. The van der Waals surface area contributed by atoms with Crippen LogP contribution in [0.5, 0.6) is 0 Å². The summed E-state index contributed by atoms with van der Waals surface area (Å²) in [5, 5.41) is 1.94. The molecule has 0 saturated heterocycles. The number of thiophene rings is 1. The first-order valence-corrected chi connectivity index (χ1v) is 8.14. The molecule has 0 N–H and O–H groups in total. The lowest BCUT2D eigenvalue weighted by atomic mass is 9.75. The van der Waals surface area contributed by atoms with Gasteiger partial charge < -0.3 is 4.74 Å². The average Bonchev–Trinajstić information content (AvgIpc) is 2.89. The van der Waals surface area contributed by atoms with E-state index in [2.05, 4.69) is 20.8 Å². The van der Waals surface area contributed by atoms with Crippen LogP contribution in [0.3, 0.4) is 0 Å².